The Morgan fingerprint density at radius 1 is 1.62 bits per heavy atom. The van der Waals surface area contributed by atoms with Crippen LogP contribution >= 0.6 is 0 Å². The van der Waals surface area contributed by atoms with Crippen molar-refractivity contribution in [3.8, 4) is 0 Å². The normalized spacial score (nSPS) is 23.2. The maximum atomic E-state index is 5.78. The summed E-state index contributed by atoms with van der Waals surface area (Å²) >= 11 is 0. The largest absolute Gasteiger partial charge is 0.444 e. The number of aromatic nitrogens is 1. The van der Waals surface area contributed by atoms with Gasteiger partial charge in [0.25, 0.3) is 0 Å². The van der Waals surface area contributed by atoms with Gasteiger partial charge in [0.2, 0.25) is 5.89 Å². The molecule has 1 aliphatic rings. The summed E-state index contributed by atoms with van der Waals surface area (Å²) in [6.07, 6.45) is 4.11. The lowest BCUT2D eigenvalue weighted by atomic mass is 10.0. The van der Waals surface area contributed by atoms with Crippen molar-refractivity contribution < 1.29 is 9.15 Å². The first-order valence-electron chi connectivity index (χ1n) is 6.08. The Morgan fingerprint density at radius 2 is 2.50 bits per heavy atom. The second kappa shape index (κ2) is 5.46. The van der Waals surface area contributed by atoms with Gasteiger partial charge in [-0.05, 0) is 26.3 Å². The van der Waals surface area contributed by atoms with Crippen LogP contribution in [0.3, 0.4) is 0 Å². The van der Waals surface area contributed by atoms with E-state index in [9.17, 15) is 0 Å². The molecule has 4 nitrogen and oxygen atoms in total. The Morgan fingerprint density at radius 3 is 3.19 bits per heavy atom. The number of nitrogens with zero attached hydrogens (tertiary/aromatic N) is 1. The summed E-state index contributed by atoms with van der Waals surface area (Å²) in [5, 5.41) is 3.29. The highest BCUT2D eigenvalue weighted by atomic mass is 16.5. The predicted octanol–water partition coefficient (Wildman–Crippen LogP) is 2.24. The lowest BCUT2D eigenvalue weighted by molar-refractivity contribution is 0.0736. The summed E-state index contributed by atoms with van der Waals surface area (Å²) in [6, 6.07) is 0.184. The average Bonchev–Trinajstić information content (AvgIpc) is 2.80. The summed E-state index contributed by atoms with van der Waals surface area (Å²) < 4.78 is 11.2. The maximum Gasteiger partial charge on any atom is 0.211 e. The SMILES string of the molecule is CCNC(C)c1ncc(C2CCCOC2)o1. The van der Waals surface area contributed by atoms with Crippen LogP contribution < -0.4 is 5.32 Å². The number of hydrogen-bond acceptors (Lipinski definition) is 4. The molecular weight excluding hydrogens is 204 g/mol. The molecule has 2 rings (SSSR count). The van der Waals surface area contributed by atoms with E-state index in [1.54, 1.807) is 0 Å². The van der Waals surface area contributed by atoms with Gasteiger partial charge in [-0.15, -0.1) is 0 Å². The Balaban J connectivity index is 2.00. The smallest absolute Gasteiger partial charge is 0.211 e. The van der Waals surface area contributed by atoms with E-state index in [0.29, 0.717) is 5.92 Å². The van der Waals surface area contributed by atoms with Gasteiger partial charge in [-0.25, -0.2) is 4.98 Å². The van der Waals surface area contributed by atoms with Crippen LogP contribution in [0.4, 0.5) is 0 Å². The van der Waals surface area contributed by atoms with Crippen LogP contribution in [0.5, 0.6) is 0 Å². The molecule has 0 saturated carbocycles. The molecule has 0 aliphatic carbocycles. The number of hydrogen-bond donors (Lipinski definition) is 1. The summed E-state index contributed by atoms with van der Waals surface area (Å²) in [7, 11) is 0. The number of nitrogens with one attached hydrogen (secondary N) is 1. The molecule has 2 atom stereocenters. The highest BCUT2D eigenvalue weighted by Gasteiger charge is 2.21. The maximum absolute atomic E-state index is 5.78. The molecule has 0 radical (unpaired) electrons. The summed E-state index contributed by atoms with van der Waals surface area (Å²) in [6.45, 7) is 6.72. The molecule has 1 aromatic rings. The minimum absolute atomic E-state index is 0.184. The summed E-state index contributed by atoms with van der Waals surface area (Å²) in [5.74, 6) is 2.14. The van der Waals surface area contributed by atoms with Crippen molar-refractivity contribution in [2.45, 2.75) is 38.6 Å². The van der Waals surface area contributed by atoms with E-state index in [1.165, 1.54) is 0 Å². The van der Waals surface area contributed by atoms with Gasteiger partial charge in [-0.1, -0.05) is 6.92 Å². The van der Waals surface area contributed by atoms with Crippen molar-refractivity contribution in [1.82, 2.24) is 10.3 Å². The topological polar surface area (TPSA) is 47.3 Å². The van der Waals surface area contributed by atoms with Gasteiger partial charge in [-0.2, -0.15) is 0 Å². The standard InChI is InChI=1S/C12H20N2O2/c1-3-13-9(2)12-14-7-11(16-12)10-5-4-6-15-8-10/h7,9-10,13H,3-6,8H2,1-2H3. The minimum Gasteiger partial charge on any atom is -0.444 e. The molecule has 4 heteroatoms. The van der Waals surface area contributed by atoms with Gasteiger partial charge in [-0.3, -0.25) is 0 Å². The fourth-order valence-corrected chi connectivity index (χ4v) is 2.05. The van der Waals surface area contributed by atoms with Gasteiger partial charge < -0.3 is 14.5 Å². The van der Waals surface area contributed by atoms with E-state index >= 15 is 0 Å². The van der Waals surface area contributed by atoms with Crippen LogP contribution in [0.1, 0.15) is 50.3 Å². The van der Waals surface area contributed by atoms with E-state index in [-0.39, 0.29) is 6.04 Å². The van der Waals surface area contributed by atoms with E-state index in [2.05, 4.69) is 24.1 Å². The van der Waals surface area contributed by atoms with E-state index in [1.807, 2.05) is 6.20 Å². The first kappa shape index (κ1) is 11.6. The first-order valence-corrected chi connectivity index (χ1v) is 6.08. The van der Waals surface area contributed by atoms with Gasteiger partial charge >= 0.3 is 0 Å². The Hall–Kier alpha value is -0.870. The second-order valence-corrected chi connectivity index (χ2v) is 4.29. The van der Waals surface area contributed by atoms with E-state index in [0.717, 1.165) is 44.3 Å². The lowest BCUT2D eigenvalue weighted by Crippen LogP contribution is -2.18. The molecule has 0 amide bonds. The molecule has 16 heavy (non-hydrogen) atoms. The average molecular weight is 224 g/mol. The third-order valence-electron chi connectivity index (χ3n) is 2.98. The quantitative estimate of drug-likeness (QED) is 0.852. The van der Waals surface area contributed by atoms with Crippen LogP contribution in [0.2, 0.25) is 0 Å². The Bertz CT molecular complexity index is 319. The number of rotatable bonds is 4. The Kier molecular flexibility index (Phi) is 3.96. The van der Waals surface area contributed by atoms with E-state index in [4.69, 9.17) is 9.15 Å². The lowest BCUT2D eigenvalue weighted by Gasteiger charge is -2.19. The molecule has 2 heterocycles. The van der Waals surface area contributed by atoms with Crippen LogP contribution in [0.15, 0.2) is 10.6 Å². The molecule has 1 aromatic heterocycles. The predicted molar refractivity (Wildman–Crippen MR) is 61.4 cm³/mol. The molecule has 90 valence electrons. The molecule has 0 bridgehead atoms. The van der Waals surface area contributed by atoms with Gasteiger partial charge in [0, 0.05) is 12.5 Å². The molecule has 0 aromatic carbocycles. The van der Waals surface area contributed by atoms with Crippen LogP contribution in [-0.4, -0.2) is 24.7 Å². The molecule has 1 aliphatic heterocycles. The number of oxazole rings is 1. The fourth-order valence-electron chi connectivity index (χ4n) is 2.05. The monoisotopic (exact) mass is 224 g/mol. The number of ether oxygens (including phenoxy) is 1. The van der Waals surface area contributed by atoms with E-state index < -0.39 is 0 Å². The summed E-state index contributed by atoms with van der Waals surface area (Å²) in [5.41, 5.74) is 0. The molecule has 1 N–H and O–H groups in total. The van der Waals surface area contributed by atoms with Crippen LogP contribution in [-0.2, 0) is 4.74 Å². The van der Waals surface area contributed by atoms with Crippen molar-refractivity contribution >= 4 is 0 Å². The van der Waals surface area contributed by atoms with Crippen molar-refractivity contribution in [3.05, 3.63) is 17.8 Å². The highest BCUT2D eigenvalue weighted by Crippen LogP contribution is 2.27. The zero-order valence-electron chi connectivity index (χ0n) is 10.0. The van der Waals surface area contributed by atoms with Gasteiger partial charge in [0.1, 0.15) is 5.76 Å². The fraction of sp³-hybridized carbons (Fsp3) is 0.750. The first-order chi connectivity index (χ1) is 7.81. The van der Waals surface area contributed by atoms with Crippen molar-refractivity contribution in [1.29, 1.82) is 0 Å². The third kappa shape index (κ3) is 2.62. The molecular formula is C12H20N2O2. The minimum atomic E-state index is 0.184. The highest BCUT2D eigenvalue weighted by molar-refractivity contribution is 5.04. The molecule has 1 fully saturated rings. The molecule has 1 saturated heterocycles. The van der Waals surface area contributed by atoms with Crippen molar-refractivity contribution in [2.75, 3.05) is 19.8 Å². The molecule has 2 unspecified atom stereocenters. The van der Waals surface area contributed by atoms with Crippen LogP contribution in [0.25, 0.3) is 0 Å². The zero-order chi connectivity index (χ0) is 11.4. The van der Waals surface area contributed by atoms with Crippen LogP contribution in [0, 0.1) is 0 Å². The molecule has 0 spiro atoms. The summed E-state index contributed by atoms with van der Waals surface area (Å²) in [4.78, 5) is 4.33. The van der Waals surface area contributed by atoms with Gasteiger partial charge in [0.15, 0.2) is 0 Å². The third-order valence-corrected chi connectivity index (χ3v) is 2.98. The zero-order valence-corrected chi connectivity index (χ0v) is 10.0. The van der Waals surface area contributed by atoms with Crippen molar-refractivity contribution in [3.63, 3.8) is 0 Å². The van der Waals surface area contributed by atoms with Crippen molar-refractivity contribution in [2.24, 2.45) is 0 Å². The van der Waals surface area contributed by atoms with Gasteiger partial charge in [0.05, 0.1) is 18.8 Å². The Labute approximate surface area is 96.4 Å². The second-order valence-electron chi connectivity index (χ2n) is 4.29.